The first-order valence-electron chi connectivity index (χ1n) is 46.9. The molecule has 0 saturated heterocycles. The van der Waals surface area contributed by atoms with Gasteiger partial charge >= 0.3 is 35.8 Å². The third-order valence-electron chi connectivity index (χ3n) is 21.4. The number of unbranched alkanes of at least 4 members (excludes halogenated alkanes) is 24. The van der Waals surface area contributed by atoms with Crippen molar-refractivity contribution in [2.24, 2.45) is 0 Å². The van der Waals surface area contributed by atoms with E-state index in [2.05, 4.69) is 6.58 Å². The molecule has 0 aromatic heterocycles. The number of benzene rings is 7. The summed E-state index contributed by atoms with van der Waals surface area (Å²) in [5.41, 5.74) is 5.32. The molecule has 0 bridgehead atoms. The first kappa shape index (κ1) is 108. The van der Waals surface area contributed by atoms with Gasteiger partial charge < -0.3 is 94.7 Å². The van der Waals surface area contributed by atoms with Crippen LogP contribution in [0.15, 0.2) is 164 Å². The molecule has 0 N–H and O–H groups in total. The first-order chi connectivity index (χ1) is 65.4. The Hall–Kier alpha value is -12.7. The second kappa shape index (κ2) is 65.8. The number of carbonyl (C=O) groups is 6. The maximum absolute atomic E-state index is 14.2. The Bertz CT molecular complexity index is 4680. The van der Waals surface area contributed by atoms with E-state index in [9.17, 15) is 28.8 Å². The summed E-state index contributed by atoms with van der Waals surface area (Å²) in [6.07, 6.45) is 39.1. The lowest BCUT2D eigenvalue weighted by atomic mass is 10.1. The maximum atomic E-state index is 14.2. The van der Waals surface area contributed by atoms with Gasteiger partial charge in [0.05, 0.1) is 129 Å². The van der Waals surface area contributed by atoms with Crippen LogP contribution in [-0.2, 0) is 65.6 Å². The van der Waals surface area contributed by atoms with Crippen LogP contribution < -0.4 is 66.3 Å². The second-order valence-electron chi connectivity index (χ2n) is 32.1. The molecule has 728 valence electrons. The molecule has 26 heteroatoms. The Morgan fingerprint density at radius 1 is 0.246 bits per heavy atom. The average molecular weight is 1850 g/mol. The standard InChI is InChI=1S/C108H140O26/c1-81(2)107(113)131-64-38-28-29-39-65-132-108(114)88-74-93(133-79-86-66-89(123-56-30-20-12-11-13-24-34-60-127-95-48-40-82(70-99(95)115-3)44-52-103(109)119-7)76-90(67-86)124-57-31-21-14-17-25-35-61-128-96-49-41-83(71-100(96)116-4)45-53-104(110)120-8)78-94(75-88)134-80-87-68-91(125-58-32-22-15-18-26-36-62-129-97-50-42-84(72-101(97)117-5)46-54-105(111)121-9)77-92(69-87)126-59-33-23-16-19-27-37-63-130-98-51-43-85(73-102(98)118-6)47-55-106(112)122-10/h40-55,66-78H,1,11-39,56-65,79-80H2,2-10H3. The van der Waals surface area contributed by atoms with Crippen LogP contribution in [0.1, 0.15) is 237 Å². The van der Waals surface area contributed by atoms with Gasteiger partial charge in [0.2, 0.25) is 0 Å². The monoisotopic (exact) mass is 1850 g/mol. The van der Waals surface area contributed by atoms with Crippen LogP contribution in [0.4, 0.5) is 0 Å². The van der Waals surface area contributed by atoms with E-state index < -0.39 is 35.8 Å². The Labute approximate surface area is 792 Å². The fraction of sp³-hybridized carbons (Fsp3) is 0.463. The van der Waals surface area contributed by atoms with Crippen molar-refractivity contribution in [2.45, 2.75) is 206 Å². The lowest BCUT2D eigenvalue weighted by Crippen LogP contribution is -2.08. The lowest BCUT2D eigenvalue weighted by Gasteiger charge is -2.16. The second-order valence-corrected chi connectivity index (χ2v) is 32.1. The molecule has 0 spiro atoms. The number of hydrogen-bond donors (Lipinski definition) is 0. The summed E-state index contributed by atoms with van der Waals surface area (Å²) in [5, 5.41) is 0. The number of rotatable bonds is 72. The van der Waals surface area contributed by atoms with Crippen molar-refractivity contribution in [1.82, 2.24) is 0 Å². The quantitative estimate of drug-likeness (QED) is 0.0148. The van der Waals surface area contributed by atoms with Gasteiger partial charge in [-0.25, -0.2) is 28.8 Å². The summed E-state index contributed by atoms with van der Waals surface area (Å²) >= 11 is 0. The summed E-state index contributed by atoms with van der Waals surface area (Å²) in [6.45, 7) is 10.0. The summed E-state index contributed by atoms with van der Waals surface area (Å²) in [4.78, 5) is 72.7. The molecule has 0 saturated carbocycles. The first-order valence-corrected chi connectivity index (χ1v) is 46.9. The van der Waals surface area contributed by atoms with Gasteiger partial charge in [-0.2, -0.15) is 0 Å². The van der Waals surface area contributed by atoms with Crippen LogP contribution in [0.25, 0.3) is 24.3 Å². The van der Waals surface area contributed by atoms with Crippen LogP contribution in [0, 0.1) is 0 Å². The molecule has 134 heavy (non-hydrogen) atoms. The molecule has 7 rings (SSSR count). The van der Waals surface area contributed by atoms with Crippen molar-refractivity contribution in [3.63, 3.8) is 0 Å². The fourth-order valence-electron chi connectivity index (χ4n) is 13.9. The lowest BCUT2D eigenvalue weighted by molar-refractivity contribution is -0.139. The molecular formula is C108H140O26. The van der Waals surface area contributed by atoms with Gasteiger partial charge in [-0.1, -0.05) is 140 Å². The van der Waals surface area contributed by atoms with Crippen molar-refractivity contribution < 1.29 is 124 Å². The highest BCUT2D eigenvalue weighted by Crippen LogP contribution is 2.36. The van der Waals surface area contributed by atoms with Gasteiger partial charge in [-0.05, 0) is 227 Å². The predicted molar refractivity (Wildman–Crippen MR) is 518 cm³/mol. The van der Waals surface area contributed by atoms with Crippen LogP contribution in [0.3, 0.4) is 0 Å². The molecule has 0 aliphatic rings. The Kier molecular flexibility index (Phi) is 53.2. The Balaban J connectivity index is 0.995. The van der Waals surface area contributed by atoms with E-state index in [0.29, 0.717) is 152 Å². The van der Waals surface area contributed by atoms with Crippen molar-refractivity contribution in [3.8, 4) is 80.5 Å². The van der Waals surface area contributed by atoms with E-state index in [1.165, 1.54) is 52.7 Å². The zero-order valence-corrected chi connectivity index (χ0v) is 80.1. The van der Waals surface area contributed by atoms with Gasteiger partial charge in [0.15, 0.2) is 46.0 Å². The van der Waals surface area contributed by atoms with E-state index >= 15 is 0 Å². The van der Waals surface area contributed by atoms with Gasteiger partial charge in [-0.15, -0.1) is 0 Å². The summed E-state index contributed by atoms with van der Waals surface area (Å²) in [7, 11) is 11.7. The maximum Gasteiger partial charge on any atom is 0.338 e. The van der Waals surface area contributed by atoms with Crippen molar-refractivity contribution in [3.05, 3.63) is 203 Å². The molecule has 0 heterocycles. The molecule has 0 amide bonds. The molecule has 0 unspecified atom stereocenters. The average Bonchev–Trinajstić information content (AvgIpc) is 0.833. The van der Waals surface area contributed by atoms with Crippen LogP contribution >= 0.6 is 0 Å². The molecule has 7 aromatic rings. The zero-order valence-electron chi connectivity index (χ0n) is 80.1. The van der Waals surface area contributed by atoms with Gasteiger partial charge in [0.25, 0.3) is 0 Å². The molecule has 0 fully saturated rings. The number of carbonyl (C=O) groups excluding carboxylic acids is 6. The Morgan fingerprint density at radius 3 is 0.709 bits per heavy atom. The van der Waals surface area contributed by atoms with E-state index in [1.54, 1.807) is 77.9 Å². The molecule has 0 atom stereocenters. The van der Waals surface area contributed by atoms with Crippen molar-refractivity contribution in [2.75, 3.05) is 123 Å². The zero-order chi connectivity index (χ0) is 95.8. The minimum atomic E-state index is -0.545. The Morgan fingerprint density at radius 2 is 0.470 bits per heavy atom. The highest BCUT2D eigenvalue weighted by Gasteiger charge is 2.18. The largest absolute Gasteiger partial charge is 0.493 e. The van der Waals surface area contributed by atoms with E-state index in [0.717, 1.165) is 207 Å². The van der Waals surface area contributed by atoms with Crippen molar-refractivity contribution in [1.29, 1.82) is 0 Å². The van der Waals surface area contributed by atoms with E-state index in [1.807, 2.05) is 109 Å². The minimum absolute atomic E-state index is 0.0895. The van der Waals surface area contributed by atoms with Crippen LogP contribution in [0.5, 0.6) is 80.5 Å². The highest BCUT2D eigenvalue weighted by molar-refractivity contribution is 5.91. The third kappa shape index (κ3) is 44.7. The predicted octanol–water partition coefficient (Wildman–Crippen LogP) is 23.0. The third-order valence-corrected chi connectivity index (χ3v) is 21.4. The summed E-state index contributed by atoms with van der Waals surface area (Å²) in [5.74, 6) is 5.51. The van der Waals surface area contributed by atoms with Crippen LogP contribution in [-0.4, -0.2) is 159 Å². The molecule has 0 aliphatic carbocycles. The van der Waals surface area contributed by atoms with E-state index in [-0.39, 0.29) is 32.0 Å². The minimum Gasteiger partial charge on any atom is -0.493 e. The number of methoxy groups -OCH3 is 8. The molecule has 26 nitrogen and oxygen atoms in total. The van der Waals surface area contributed by atoms with Gasteiger partial charge in [0, 0.05) is 48.1 Å². The molecular weight excluding hydrogens is 1710 g/mol. The molecule has 0 aliphatic heterocycles. The molecule has 0 radical (unpaired) electrons. The summed E-state index contributed by atoms with van der Waals surface area (Å²) in [6, 6.07) is 38.9. The smallest absolute Gasteiger partial charge is 0.338 e. The topological polar surface area (TPSA) is 287 Å². The number of hydrogen-bond acceptors (Lipinski definition) is 26. The SMILES string of the molecule is C=C(C)C(=O)OCCCCCCOC(=O)c1cc(OCc2cc(OCCCCCCCCCOc3ccc(C=CC(=O)OC)cc3OC)cc(OCCCCCCCCOc3ccc(C=CC(=O)OC)cc3OC)c2)cc(OCc2cc(OCCCCCCCCOc3ccc(C=CC(=O)OC)cc3OC)cc(OCCCCCCCCOc3ccc(C=CC(=O)OC)cc3OC)c2)c1. The highest BCUT2D eigenvalue weighted by atomic mass is 16.6. The van der Waals surface area contributed by atoms with Crippen LogP contribution in [0.2, 0.25) is 0 Å². The van der Waals surface area contributed by atoms with Gasteiger partial charge in [-0.3, -0.25) is 0 Å². The molecule has 7 aromatic carbocycles. The van der Waals surface area contributed by atoms with Gasteiger partial charge in [0.1, 0.15) is 47.7 Å². The summed E-state index contributed by atoms with van der Waals surface area (Å²) < 4.78 is 116. The fourth-order valence-corrected chi connectivity index (χ4v) is 13.9. The number of ether oxygens (including phenoxy) is 20. The van der Waals surface area contributed by atoms with Crippen molar-refractivity contribution >= 4 is 60.1 Å². The van der Waals surface area contributed by atoms with E-state index in [4.69, 9.17) is 94.7 Å². The normalized spacial score (nSPS) is 11.1. The number of esters is 6.